The smallest absolute Gasteiger partial charge is 0.225 e. The second-order valence-electron chi connectivity index (χ2n) is 3.90. The van der Waals surface area contributed by atoms with Crippen LogP contribution in [-0.2, 0) is 11.2 Å². The molecule has 0 atom stereocenters. The molecule has 0 aliphatic carbocycles. The first kappa shape index (κ1) is 12.0. The largest absolute Gasteiger partial charge is 0.399 e. The number of rotatable bonds is 4. The fraction of sp³-hybridized carbons (Fsp3) is 0.154. The molecule has 0 saturated heterocycles. The zero-order valence-electron chi connectivity index (χ0n) is 9.84. The van der Waals surface area contributed by atoms with Gasteiger partial charge in [-0.15, -0.1) is 5.10 Å². The molecule has 0 bridgehead atoms. The van der Waals surface area contributed by atoms with E-state index < -0.39 is 0 Å². The summed E-state index contributed by atoms with van der Waals surface area (Å²) in [6.45, 7) is 0. The number of hydrogen-bond donors (Lipinski definition) is 2. The highest BCUT2D eigenvalue weighted by Gasteiger charge is 2.03. The topological polar surface area (TPSA) is 80.9 Å². The molecule has 0 radical (unpaired) electrons. The second-order valence-corrected chi connectivity index (χ2v) is 3.90. The average molecular weight is 242 g/mol. The normalized spacial score (nSPS) is 10.0. The summed E-state index contributed by atoms with van der Waals surface area (Å²) in [7, 11) is 0. The van der Waals surface area contributed by atoms with Crippen LogP contribution in [0.4, 0.5) is 11.5 Å². The zero-order chi connectivity index (χ0) is 12.8. The standard InChI is InChI=1S/C13H14N4O/c14-11-6-3-10(4-7-11)5-8-13(18)16-12-2-1-9-15-17-12/h1-4,6-7,9H,5,8,14H2,(H,16,17,18). The highest BCUT2D eigenvalue weighted by Crippen LogP contribution is 2.08. The summed E-state index contributed by atoms with van der Waals surface area (Å²) in [6, 6.07) is 10.9. The maximum Gasteiger partial charge on any atom is 0.225 e. The van der Waals surface area contributed by atoms with Crippen molar-refractivity contribution in [1.29, 1.82) is 0 Å². The van der Waals surface area contributed by atoms with Crippen LogP contribution in [0.25, 0.3) is 0 Å². The van der Waals surface area contributed by atoms with Crippen LogP contribution in [0.15, 0.2) is 42.6 Å². The van der Waals surface area contributed by atoms with Crippen molar-refractivity contribution in [3.05, 3.63) is 48.2 Å². The van der Waals surface area contributed by atoms with Crippen LogP contribution in [0.5, 0.6) is 0 Å². The first-order valence-electron chi connectivity index (χ1n) is 5.66. The van der Waals surface area contributed by atoms with E-state index in [-0.39, 0.29) is 5.91 Å². The molecule has 0 aliphatic rings. The van der Waals surface area contributed by atoms with E-state index in [4.69, 9.17) is 5.73 Å². The molecule has 0 saturated carbocycles. The maximum atomic E-state index is 11.6. The van der Waals surface area contributed by atoms with E-state index in [0.717, 1.165) is 11.3 Å². The molecular formula is C13H14N4O. The van der Waals surface area contributed by atoms with E-state index in [1.54, 1.807) is 18.3 Å². The molecule has 0 aliphatic heterocycles. The van der Waals surface area contributed by atoms with E-state index in [1.165, 1.54) is 0 Å². The monoisotopic (exact) mass is 242 g/mol. The lowest BCUT2D eigenvalue weighted by Gasteiger charge is -2.04. The fourth-order valence-electron chi connectivity index (χ4n) is 1.52. The van der Waals surface area contributed by atoms with Crippen LogP contribution in [0, 0.1) is 0 Å². The van der Waals surface area contributed by atoms with Gasteiger partial charge in [0.2, 0.25) is 5.91 Å². The molecule has 2 rings (SSSR count). The second kappa shape index (κ2) is 5.77. The van der Waals surface area contributed by atoms with Crippen LogP contribution < -0.4 is 11.1 Å². The minimum absolute atomic E-state index is 0.0766. The maximum absolute atomic E-state index is 11.6. The summed E-state index contributed by atoms with van der Waals surface area (Å²) >= 11 is 0. The molecule has 5 heteroatoms. The van der Waals surface area contributed by atoms with Gasteiger partial charge in [0.15, 0.2) is 5.82 Å². The Morgan fingerprint density at radius 2 is 2.00 bits per heavy atom. The minimum Gasteiger partial charge on any atom is -0.399 e. The summed E-state index contributed by atoms with van der Waals surface area (Å²) in [4.78, 5) is 11.6. The van der Waals surface area contributed by atoms with Gasteiger partial charge in [-0.2, -0.15) is 5.10 Å². The summed E-state index contributed by atoms with van der Waals surface area (Å²) in [6.07, 6.45) is 2.64. The third-order valence-electron chi connectivity index (χ3n) is 2.46. The quantitative estimate of drug-likeness (QED) is 0.798. The Hall–Kier alpha value is -2.43. The number of carbonyl (C=O) groups excluding carboxylic acids is 1. The summed E-state index contributed by atoms with van der Waals surface area (Å²) < 4.78 is 0. The minimum atomic E-state index is -0.0766. The Kier molecular flexibility index (Phi) is 3.86. The van der Waals surface area contributed by atoms with Gasteiger partial charge >= 0.3 is 0 Å². The third-order valence-corrected chi connectivity index (χ3v) is 2.46. The van der Waals surface area contributed by atoms with Gasteiger partial charge < -0.3 is 11.1 Å². The van der Waals surface area contributed by atoms with Gasteiger partial charge in [-0.1, -0.05) is 12.1 Å². The Labute approximate surface area is 105 Å². The van der Waals surface area contributed by atoms with Gasteiger partial charge in [-0.25, -0.2) is 0 Å². The predicted molar refractivity (Wildman–Crippen MR) is 69.8 cm³/mol. The van der Waals surface area contributed by atoms with E-state index in [1.807, 2.05) is 24.3 Å². The van der Waals surface area contributed by atoms with Gasteiger partial charge in [-0.3, -0.25) is 4.79 Å². The van der Waals surface area contributed by atoms with E-state index >= 15 is 0 Å². The Morgan fingerprint density at radius 1 is 1.22 bits per heavy atom. The SMILES string of the molecule is Nc1ccc(CCC(=O)Nc2cccnn2)cc1. The number of nitrogen functional groups attached to an aromatic ring is 1. The van der Waals surface area contributed by atoms with Gasteiger partial charge in [0.25, 0.3) is 0 Å². The van der Waals surface area contributed by atoms with Crippen LogP contribution >= 0.6 is 0 Å². The van der Waals surface area contributed by atoms with Gasteiger partial charge in [-0.05, 0) is 36.2 Å². The van der Waals surface area contributed by atoms with Crippen molar-refractivity contribution < 1.29 is 4.79 Å². The third kappa shape index (κ3) is 3.55. The molecule has 1 amide bonds. The lowest BCUT2D eigenvalue weighted by Crippen LogP contribution is -2.13. The fourth-order valence-corrected chi connectivity index (χ4v) is 1.52. The molecule has 0 spiro atoms. The van der Waals surface area contributed by atoms with Crippen molar-refractivity contribution in [3.63, 3.8) is 0 Å². The predicted octanol–water partition coefficient (Wildman–Crippen LogP) is 1.63. The zero-order valence-corrected chi connectivity index (χ0v) is 9.84. The number of aryl methyl sites for hydroxylation is 1. The molecule has 5 nitrogen and oxygen atoms in total. The van der Waals surface area contributed by atoms with E-state index in [0.29, 0.717) is 18.7 Å². The Balaban J connectivity index is 1.83. The van der Waals surface area contributed by atoms with Crippen molar-refractivity contribution >= 4 is 17.4 Å². The highest BCUT2D eigenvalue weighted by molar-refractivity contribution is 5.89. The van der Waals surface area contributed by atoms with Crippen LogP contribution in [0.3, 0.4) is 0 Å². The summed E-state index contributed by atoms with van der Waals surface area (Å²) in [5.41, 5.74) is 7.40. The number of nitrogens with one attached hydrogen (secondary N) is 1. The number of nitrogens with zero attached hydrogens (tertiary/aromatic N) is 2. The Morgan fingerprint density at radius 3 is 2.67 bits per heavy atom. The number of anilines is 2. The molecule has 92 valence electrons. The molecule has 1 heterocycles. The van der Waals surface area contributed by atoms with Crippen molar-refractivity contribution in [2.24, 2.45) is 0 Å². The van der Waals surface area contributed by atoms with E-state index in [9.17, 15) is 4.79 Å². The molecule has 3 N–H and O–H groups in total. The molecule has 1 aromatic heterocycles. The van der Waals surface area contributed by atoms with Gasteiger partial charge in [0.1, 0.15) is 0 Å². The number of benzene rings is 1. The van der Waals surface area contributed by atoms with Crippen molar-refractivity contribution in [2.75, 3.05) is 11.1 Å². The number of nitrogens with two attached hydrogens (primary N) is 1. The molecule has 0 fully saturated rings. The summed E-state index contributed by atoms with van der Waals surface area (Å²) in [5.74, 6) is 0.395. The number of amides is 1. The van der Waals surface area contributed by atoms with E-state index in [2.05, 4.69) is 15.5 Å². The average Bonchev–Trinajstić information content (AvgIpc) is 2.39. The number of hydrogen-bond acceptors (Lipinski definition) is 4. The van der Waals surface area contributed by atoms with Gasteiger partial charge in [0.05, 0.1) is 0 Å². The lowest BCUT2D eigenvalue weighted by molar-refractivity contribution is -0.116. The van der Waals surface area contributed by atoms with Crippen molar-refractivity contribution in [3.8, 4) is 0 Å². The highest BCUT2D eigenvalue weighted by atomic mass is 16.1. The van der Waals surface area contributed by atoms with Crippen LogP contribution in [0.2, 0.25) is 0 Å². The lowest BCUT2D eigenvalue weighted by atomic mass is 10.1. The molecule has 2 aromatic rings. The Bertz CT molecular complexity index is 510. The van der Waals surface area contributed by atoms with Crippen molar-refractivity contribution in [2.45, 2.75) is 12.8 Å². The first-order valence-corrected chi connectivity index (χ1v) is 5.66. The number of aromatic nitrogens is 2. The van der Waals surface area contributed by atoms with Crippen LogP contribution in [0.1, 0.15) is 12.0 Å². The van der Waals surface area contributed by atoms with Crippen LogP contribution in [-0.4, -0.2) is 16.1 Å². The first-order chi connectivity index (χ1) is 8.74. The molecular weight excluding hydrogens is 228 g/mol. The van der Waals surface area contributed by atoms with Crippen molar-refractivity contribution in [1.82, 2.24) is 10.2 Å². The van der Waals surface area contributed by atoms with Gasteiger partial charge in [0, 0.05) is 18.3 Å². The number of carbonyl (C=O) groups is 1. The molecule has 0 unspecified atom stereocenters. The summed E-state index contributed by atoms with van der Waals surface area (Å²) in [5, 5.41) is 10.2. The molecule has 1 aromatic carbocycles. The molecule has 18 heavy (non-hydrogen) atoms.